The van der Waals surface area contributed by atoms with Crippen molar-refractivity contribution in [1.29, 1.82) is 0 Å². The van der Waals surface area contributed by atoms with Gasteiger partial charge in [-0.1, -0.05) is 11.6 Å². The highest BCUT2D eigenvalue weighted by Gasteiger charge is 2.32. The molecule has 4 nitrogen and oxygen atoms in total. The maximum absolute atomic E-state index is 12.7. The van der Waals surface area contributed by atoms with Crippen LogP contribution < -0.4 is 0 Å². The number of hydrogen-bond acceptors (Lipinski definition) is 2. The summed E-state index contributed by atoms with van der Waals surface area (Å²) < 4.78 is 39.1. The molecule has 0 aliphatic heterocycles. The van der Waals surface area contributed by atoms with E-state index in [9.17, 15) is 18.0 Å². The number of hydrogen-bond donors (Lipinski definition) is 1. The Labute approximate surface area is 110 Å². The van der Waals surface area contributed by atoms with Crippen LogP contribution in [0.2, 0.25) is 5.02 Å². The molecule has 0 spiro atoms. The third kappa shape index (κ3) is 2.51. The van der Waals surface area contributed by atoms with Gasteiger partial charge in [0.15, 0.2) is 5.65 Å². The van der Waals surface area contributed by atoms with Crippen LogP contribution in [0.4, 0.5) is 13.2 Å². The van der Waals surface area contributed by atoms with Crippen LogP contribution in [-0.4, -0.2) is 20.5 Å². The van der Waals surface area contributed by atoms with E-state index in [0.29, 0.717) is 5.69 Å². The van der Waals surface area contributed by atoms with Crippen LogP contribution in [0.15, 0.2) is 12.3 Å². The van der Waals surface area contributed by atoms with Gasteiger partial charge in [-0.3, -0.25) is 4.79 Å². The molecule has 2 heterocycles. The summed E-state index contributed by atoms with van der Waals surface area (Å²) in [5, 5.41) is 8.60. The third-order valence-corrected chi connectivity index (χ3v) is 2.90. The van der Waals surface area contributed by atoms with Gasteiger partial charge >= 0.3 is 12.1 Å². The minimum atomic E-state index is -4.56. The Hall–Kier alpha value is -1.76. The Bertz CT molecular complexity index is 664. The largest absolute Gasteiger partial charge is 0.481 e. The smallest absolute Gasteiger partial charge is 0.417 e. The van der Waals surface area contributed by atoms with Gasteiger partial charge in [-0.05, 0) is 13.0 Å². The number of aryl methyl sites for hydroxylation is 1. The molecule has 102 valence electrons. The molecule has 0 radical (unpaired) electrons. The number of aromatic nitrogens is 2. The van der Waals surface area contributed by atoms with E-state index in [1.165, 1.54) is 6.92 Å². The van der Waals surface area contributed by atoms with Gasteiger partial charge in [0, 0.05) is 6.20 Å². The number of carboxylic acids is 1. The highest BCUT2D eigenvalue weighted by Crippen LogP contribution is 2.33. The Morgan fingerprint density at radius 2 is 2.16 bits per heavy atom. The van der Waals surface area contributed by atoms with E-state index in [2.05, 4.69) is 4.98 Å². The van der Waals surface area contributed by atoms with Crippen LogP contribution in [0.25, 0.3) is 5.65 Å². The predicted octanol–water partition coefficient (Wildman–Crippen LogP) is 2.94. The first-order chi connectivity index (χ1) is 8.70. The number of fused-ring (bicyclic) bond motifs is 1. The Morgan fingerprint density at radius 3 is 2.68 bits per heavy atom. The lowest BCUT2D eigenvalue weighted by atomic mass is 10.2. The van der Waals surface area contributed by atoms with E-state index in [1.807, 2.05) is 0 Å². The molecule has 0 fully saturated rings. The summed E-state index contributed by atoms with van der Waals surface area (Å²) in [7, 11) is 0. The highest BCUT2D eigenvalue weighted by atomic mass is 35.5. The van der Waals surface area contributed by atoms with Crippen molar-refractivity contribution in [3.05, 3.63) is 34.2 Å². The first-order valence-electron chi connectivity index (χ1n) is 5.16. The fourth-order valence-corrected chi connectivity index (χ4v) is 2.03. The van der Waals surface area contributed by atoms with Crippen molar-refractivity contribution >= 4 is 23.2 Å². The lowest BCUT2D eigenvalue weighted by Gasteiger charge is -2.09. The first kappa shape index (κ1) is 13.7. The van der Waals surface area contributed by atoms with Crippen LogP contribution in [-0.2, 0) is 17.4 Å². The van der Waals surface area contributed by atoms with Crippen molar-refractivity contribution in [2.75, 3.05) is 0 Å². The SMILES string of the molecule is Cc1nc2c(Cl)cc(C(F)(F)F)cn2c1CC(=O)O. The number of alkyl halides is 3. The van der Waals surface area contributed by atoms with Crippen molar-refractivity contribution in [1.82, 2.24) is 9.38 Å². The van der Waals surface area contributed by atoms with Gasteiger partial charge in [-0.2, -0.15) is 13.2 Å². The van der Waals surface area contributed by atoms with E-state index in [-0.39, 0.29) is 16.4 Å². The molecule has 0 aliphatic carbocycles. The van der Waals surface area contributed by atoms with Crippen LogP contribution in [0, 0.1) is 6.92 Å². The second-order valence-corrected chi connectivity index (χ2v) is 4.39. The van der Waals surface area contributed by atoms with Gasteiger partial charge in [0.05, 0.1) is 28.4 Å². The van der Waals surface area contributed by atoms with Crippen LogP contribution in [0.5, 0.6) is 0 Å². The number of imidazole rings is 1. The van der Waals surface area contributed by atoms with Gasteiger partial charge < -0.3 is 9.51 Å². The van der Waals surface area contributed by atoms with Gasteiger partial charge in [0.1, 0.15) is 0 Å². The fraction of sp³-hybridized carbons (Fsp3) is 0.273. The Kier molecular flexibility index (Phi) is 3.17. The molecule has 0 atom stereocenters. The third-order valence-electron chi connectivity index (χ3n) is 2.62. The zero-order valence-corrected chi connectivity index (χ0v) is 10.4. The summed E-state index contributed by atoms with van der Waals surface area (Å²) in [6.07, 6.45) is -4.18. The molecule has 0 aromatic carbocycles. The molecule has 2 aromatic heterocycles. The van der Waals surface area contributed by atoms with E-state index < -0.39 is 24.1 Å². The number of aliphatic carboxylic acids is 1. The number of carboxylic acid groups (broad SMARTS) is 1. The molecule has 2 rings (SSSR count). The van der Waals surface area contributed by atoms with Crippen molar-refractivity contribution in [2.24, 2.45) is 0 Å². The molecule has 2 aromatic rings. The molecule has 0 saturated heterocycles. The van der Waals surface area contributed by atoms with Crippen molar-refractivity contribution in [3.63, 3.8) is 0 Å². The molecule has 0 saturated carbocycles. The summed E-state index contributed by atoms with van der Waals surface area (Å²) in [5.41, 5.74) is -0.323. The van der Waals surface area contributed by atoms with Crippen molar-refractivity contribution in [2.45, 2.75) is 19.5 Å². The lowest BCUT2D eigenvalue weighted by molar-refractivity contribution is -0.138. The quantitative estimate of drug-likeness (QED) is 0.926. The maximum atomic E-state index is 12.7. The molecular formula is C11H8ClF3N2O2. The van der Waals surface area contributed by atoms with Gasteiger partial charge in [-0.15, -0.1) is 0 Å². The average molecular weight is 293 g/mol. The van der Waals surface area contributed by atoms with Crippen LogP contribution in [0.1, 0.15) is 17.0 Å². The molecular weight excluding hydrogens is 285 g/mol. The zero-order chi connectivity index (χ0) is 14.4. The summed E-state index contributed by atoms with van der Waals surface area (Å²) >= 11 is 5.76. The fourth-order valence-electron chi connectivity index (χ4n) is 1.78. The number of rotatable bonds is 2. The summed E-state index contributed by atoms with van der Waals surface area (Å²) in [6.45, 7) is 1.52. The van der Waals surface area contributed by atoms with Crippen LogP contribution >= 0.6 is 11.6 Å². The number of pyridine rings is 1. The minimum Gasteiger partial charge on any atom is -0.481 e. The summed E-state index contributed by atoms with van der Waals surface area (Å²) in [5.74, 6) is -1.15. The van der Waals surface area contributed by atoms with Gasteiger partial charge in [0.25, 0.3) is 0 Å². The van der Waals surface area contributed by atoms with E-state index >= 15 is 0 Å². The second-order valence-electron chi connectivity index (χ2n) is 3.98. The molecule has 1 N–H and O–H groups in total. The molecule has 8 heteroatoms. The lowest BCUT2D eigenvalue weighted by Crippen LogP contribution is -2.09. The summed E-state index contributed by atoms with van der Waals surface area (Å²) in [6, 6.07) is 0.772. The molecule has 0 bridgehead atoms. The monoisotopic (exact) mass is 292 g/mol. The van der Waals surface area contributed by atoms with Gasteiger partial charge in [-0.25, -0.2) is 4.98 Å². The minimum absolute atomic E-state index is 0.114. The maximum Gasteiger partial charge on any atom is 0.417 e. The number of nitrogens with zero attached hydrogens (tertiary/aromatic N) is 2. The van der Waals surface area contributed by atoms with Gasteiger partial charge in [0.2, 0.25) is 0 Å². The number of carbonyl (C=O) groups is 1. The standard InChI is InChI=1S/C11H8ClF3N2O2/c1-5-8(3-9(18)19)17-4-6(11(13,14)15)2-7(12)10(17)16-5/h2,4H,3H2,1H3,(H,18,19). The average Bonchev–Trinajstić information content (AvgIpc) is 2.55. The molecule has 0 unspecified atom stereocenters. The Morgan fingerprint density at radius 1 is 1.53 bits per heavy atom. The van der Waals surface area contributed by atoms with E-state index in [1.54, 1.807) is 0 Å². The highest BCUT2D eigenvalue weighted by molar-refractivity contribution is 6.33. The van der Waals surface area contributed by atoms with Crippen LogP contribution in [0.3, 0.4) is 0 Å². The molecule has 0 amide bonds. The first-order valence-corrected chi connectivity index (χ1v) is 5.54. The number of halogens is 4. The van der Waals surface area contributed by atoms with Crippen molar-refractivity contribution < 1.29 is 23.1 Å². The summed E-state index contributed by atoms with van der Waals surface area (Å²) in [4.78, 5) is 14.7. The Balaban J connectivity index is 2.73. The molecule has 0 aliphatic rings. The normalized spacial score (nSPS) is 12.1. The molecule has 19 heavy (non-hydrogen) atoms. The zero-order valence-electron chi connectivity index (χ0n) is 9.62. The van der Waals surface area contributed by atoms with E-state index in [0.717, 1.165) is 16.7 Å². The predicted molar refractivity (Wildman–Crippen MR) is 61.3 cm³/mol. The topological polar surface area (TPSA) is 54.6 Å². The van der Waals surface area contributed by atoms with Crippen molar-refractivity contribution in [3.8, 4) is 0 Å². The van der Waals surface area contributed by atoms with E-state index in [4.69, 9.17) is 16.7 Å². The second kappa shape index (κ2) is 4.41.